The Balaban J connectivity index is 1.83. The molecule has 3 rings (SSSR count). The fraction of sp³-hybridized carbons (Fsp3) is 0.867. The molecule has 0 aromatic rings. The van der Waals surface area contributed by atoms with E-state index < -0.39 is 0 Å². The molecule has 17 heavy (non-hydrogen) atoms. The van der Waals surface area contributed by atoms with Gasteiger partial charge in [-0.15, -0.1) is 0 Å². The number of aliphatic hydroxyl groups excluding tert-OH is 1. The standard InChI is InChI=1S/C15H24O2/c1-9-5-6-13-15(4,17-13)12(16)7-11-10(9)8-14(11,2)3/h10-13,16H,1,5-8H2,2-4H3/t10?,11-,12+,13-,15?/m1/s1. The van der Waals surface area contributed by atoms with Crippen LogP contribution in [0.2, 0.25) is 0 Å². The van der Waals surface area contributed by atoms with E-state index in [1.54, 1.807) is 0 Å². The second-order valence-corrected chi connectivity index (χ2v) is 7.14. The number of rotatable bonds is 0. The zero-order valence-corrected chi connectivity index (χ0v) is 11.2. The highest BCUT2D eigenvalue weighted by Gasteiger charge is 2.60. The van der Waals surface area contributed by atoms with Crippen molar-refractivity contribution in [2.45, 2.75) is 64.3 Å². The van der Waals surface area contributed by atoms with E-state index in [2.05, 4.69) is 27.4 Å². The molecule has 5 atom stereocenters. The highest BCUT2D eigenvalue weighted by atomic mass is 16.6. The molecule has 0 bridgehead atoms. The van der Waals surface area contributed by atoms with E-state index in [0.717, 1.165) is 19.3 Å². The fourth-order valence-corrected chi connectivity index (χ4v) is 4.04. The molecule has 0 radical (unpaired) electrons. The average Bonchev–Trinajstić information content (AvgIpc) is 2.91. The molecule has 2 aliphatic carbocycles. The lowest BCUT2D eigenvalue weighted by Gasteiger charge is -2.53. The zero-order valence-electron chi connectivity index (χ0n) is 11.2. The first kappa shape index (κ1) is 11.7. The van der Waals surface area contributed by atoms with Crippen molar-refractivity contribution in [3.8, 4) is 0 Å². The Kier molecular flexibility index (Phi) is 2.32. The predicted molar refractivity (Wildman–Crippen MR) is 67.7 cm³/mol. The summed E-state index contributed by atoms with van der Waals surface area (Å²) in [5.41, 5.74) is 1.49. The molecule has 0 aromatic carbocycles. The molecule has 3 aliphatic rings. The molecule has 0 spiro atoms. The van der Waals surface area contributed by atoms with Crippen LogP contribution in [0, 0.1) is 17.3 Å². The Morgan fingerprint density at radius 3 is 2.71 bits per heavy atom. The van der Waals surface area contributed by atoms with Crippen molar-refractivity contribution in [2.24, 2.45) is 17.3 Å². The summed E-state index contributed by atoms with van der Waals surface area (Å²) < 4.78 is 5.73. The smallest absolute Gasteiger partial charge is 0.118 e. The van der Waals surface area contributed by atoms with Crippen molar-refractivity contribution in [1.29, 1.82) is 0 Å². The first-order chi connectivity index (χ1) is 7.84. The summed E-state index contributed by atoms with van der Waals surface area (Å²) in [6, 6.07) is 0. The van der Waals surface area contributed by atoms with Crippen LogP contribution in [0.5, 0.6) is 0 Å². The van der Waals surface area contributed by atoms with Gasteiger partial charge in [-0.1, -0.05) is 26.0 Å². The van der Waals surface area contributed by atoms with Crippen LogP contribution >= 0.6 is 0 Å². The average molecular weight is 236 g/mol. The van der Waals surface area contributed by atoms with E-state index in [-0.39, 0.29) is 17.8 Å². The van der Waals surface area contributed by atoms with Crippen LogP contribution in [0.1, 0.15) is 46.5 Å². The number of ether oxygens (including phenoxy) is 1. The van der Waals surface area contributed by atoms with Gasteiger partial charge in [0, 0.05) is 0 Å². The summed E-state index contributed by atoms with van der Waals surface area (Å²) in [4.78, 5) is 0. The summed E-state index contributed by atoms with van der Waals surface area (Å²) in [5, 5.41) is 10.4. The Morgan fingerprint density at radius 1 is 1.35 bits per heavy atom. The minimum absolute atomic E-state index is 0.259. The van der Waals surface area contributed by atoms with E-state index in [0.29, 0.717) is 17.3 Å². The van der Waals surface area contributed by atoms with Crippen LogP contribution in [0.15, 0.2) is 12.2 Å². The van der Waals surface area contributed by atoms with Crippen LogP contribution < -0.4 is 0 Å². The van der Waals surface area contributed by atoms with Gasteiger partial charge in [-0.05, 0) is 49.9 Å². The van der Waals surface area contributed by atoms with Crippen LogP contribution in [0.3, 0.4) is 0 Å². The van der Waals surface area contributed by atoms with Crippen molar-refractivity contribution in [1.82, 2.24) is 0 Å². The van der Waals surface area contributed by atoms with E-state index >= 15 is 0 Å². The van der Waals surface area contributed by atoms with Crippen molar-refractivity contribution in [3.63, 3.8) is 0 Å². The summed E-state index contributed by atoms with van der Waals surface area (Å²) >= 11 is 0. The third-order valence-electron chi connectivity index (χ3n) is 5.60. The highest BCUT2D eigenvalue weighted by Crippen LogP contribution is 2.59. The van der Waals surface area contributed by atoms with E-state index in [1.807, 2.05) is 0 Å². The molecule has 2 nitrogen and oxygen atoms in total. The molecule has 1 aliphatic heterocycles. The Morgan fingerprint density at radius 2 is 2.06 bits per heavy atom. The number of hydrogen-bond donors (Lipinski definition) is 1. The van der Waals surface area contributed by atoms with Crippen LogP contribution in [0.25, 0.3) is 0 Å². The molecule has 1 heterocycles. The largest absolute Gasteiger partial charge is 0.390 e. The molecule has 2 unspecified atom stereocenters. The summed E-state index contributed by atoms with van der Waals surface area (Å²) in [6.07, 6.45) is 4.19. The maximum Gasteiger partial charge on any atom is 0.118 e. The van der Waals surface area contributed by atoms with Crippen molar-refractivity contribution < 1.29 is 9.84 Å². The second-order valence-electron chi connectivity index (χ2n) is 7.14. The molecule has 3 fully saturated rings. The molecule has 2 saturated carbocycles. The molecular weight excluding hydrogens is 212 g/mol. The van der Waals surface area contributed by atoms with Gasteiger partial charge in [-0.25, -0.2) is 0 Å². The maximum absolute atomic E-state index is 10.4. The fourth-order valence-electron chi connectivity index (χ4n) is 4.04. The molecule has 96 valence electrons. The van der Waals surface area contributed by atoms with Gasteiger partial charge in [0.05, 0.1) is 12.2 Å². The maximum atomic E-state index is 10.4. The second kappa shape index (κ2) is 3.36. The predicted octanol–water partition coefficient (Wildman–Crippen LogP) is 2.91. The molecule has 1 saturated heterocycles. The van der Waals surface area contributed by atoms with Gasteiger partial charge in [-0.2, -0.15) is 0 Å². The summed E-state index contributed by atoms with van der Waals surface area (Å²) in [5.74, 6) is 1.23. The van der Waals surface area contributed by atoms with E-state index in [9.17, 15) is 5.11 Å². The first-order valence-electron chi connectivity index (χ1n) is 6.88. The molecule has 0 aromatic heterocycles. The normalized spacial score (nSPS) is 52.4. The van der Waals surface area contributed by atoms with Gasteiger partial charge in [0.2, 0.25) is 0 Å². The quantitative estimate of drug-likeness (QED) is 0.518. The lowest BCUT2D eigenvalue weighted by molar-refractivity contribution is -0.0430. The van der Waals surface area contributed by atoms with Crippen LogP contribution in [-0.2, 0) is 4.74 Å². The lowest BCUT2D eigenvalue weighted by atomic mass is 9.52. The van der Waals surface area contributed by atoms with Gasteiger partial charge in [0.15, 0.2) is 0 Å². The Hall–Kier alpha value is -0.340. The minimum Gasteiger partial charge on any atom is -0.390 e. The van der Waals surface area contributed by atoms with Crippen LogP contribution in [-0.4, -0.2) is 22.9 Å². The van der Waals surface area contributed by atoms with Gasteiger partial charge in [0.1, 0.15) is 5.60 Å². The molecule has 0 amide bonds. The van der Waals surface area contributed by atoms with Gasteiger partial charge in [-0.3, -0.25) is 0 Å². The number of allylic oxidation sites excluding steroid dienone is 1. The highest BCUT2D eigenvalue weighted by molar-refractivity contribution is 5.18. The van der Waals surface area contributed by atoms with Gasteiger partial charge < -0.3 is 9.84 Å². The third kappa shape index (κ3) is 1.61. The van der Waals surface area contributed by atoms with E-state index in [1.165, 1.54) is 12.0 Å². The molecular formula is C15H24O2. The molecule has 1 N–H and O–H groups in total. The zero-order chi connectivity index (χ0) is 12.4. The molecule has 2 heteroatoms. The van der Waals surface area contributed by atoms with Crippen molar-refractivity contribution in [2.75, 3.05) is 0 Å². The van der Waals surface area contributed by atoms with E-state index in [4.69, 9.17) is 4.74 Å². The number of aliphatic hydroxyl groups is 1. The SMILES string of the molecule is C=C1CC[C@H]2OC2(C)[C@@H](O)C[C@@H]2C1CC2(C)C. The number of hydrogen-bond acceptors (Lipinski definition) is 2. The third-order valence-corrected chi connectivity index (χ3v) is 5.60. The minimum atomic E-state index is -0.300. The van der Waals surface area contributed by atoms with Gasteiger partial charge >= 0.3 is 0 Å². The van der Waals surface area contributed by atoms with Gasteiger partial charge in [0.25, 0.3) is 0 Å². The topological polar surface area (TPSA) is 32.8 Å². The van der Waals surface area contributed by atoms with Crippen molar-refractivity contribution >= 4 is 0 Å². The number of epoxide rings is 1. The summed E-state index contributed by atoms with van der Waals surface area (Å²) in [6.45, 7) is 11.0. The first-order valence-corrected chi connectivity index (χ1v) is 6.88. The summed E-state index contributed by atoms with van der Waals surface area (Å²) in [7, 11) is 0. The monoisotopic (exact) mass is 236 g/mol. The van der Waals surface area contributed by atoms with Crippen LogP contribution in [0.4, 0.5) is 0 Å². The van der Waals surface area contributed by atoms with Crippen molar-refractivity contribution in [3.05, 3.63) is 12.2 Å². The Labute approximate surface area is 104 Å². The lowest BCUT2D eigenvalue weighted by Crippen LogP contribution is -2.47. The number of fused-ring (bicyclic) bond motifs is 2. The Bertz CT molecular complexity index is 360.